The Kier molecular flexibility index (Phi) is 6.25. The molecule has 176 valence electrons. The lowest BCUT2D eigenvalue weighted by Gasteiger charge is -2.38. The summed E-state index contributed by atoms with van der Waals surface area (Å²) in [5.74, 6) is -0.0136. The van der Waals surface area contributed by atoms with E-state index in [4.69, 9.17) is 4.42 Å². The van der Waals surface area contributed by atoms with Gasteiger partial charge in [0.1, 0.15) is 10.6 Å². The number of benzene rings is 2. The van der Waals surface area contributed by atoms with Gasteiger partial charge >= 0.3 is 0 Å². The quantitative estimate of drug-likeness (QED) is 0.374. The second-order valence-electron chi connectivity index (χ2n) is 9.06. The first-order valence-electron chi connectivity index (χ1n) is 11.7. The number of aliphatic hydroxyl groups is 1. The minimum Gasteiger partial charge on any atom is -0.451 e. The zero-order chi connectivity index (χ0) is 23.7. The second kappa shape index (κ2) is 9.33. The summed E-state index contributed by atoms with van der Waals surface area (Å²) in [5.41, 5.74) is 2.94. The van der Waals surface area contributed by atoms with Crippen LogP contribution in [0.4, 0.5) is 0 Å². The SMILES string of the molecule is C/C=C(\C)CN1CCC(O)(c2ccc3oc(C(=O)NCc4nc5ccccc5s4)cc3c2)CC1. The van der Waals surface area contributed by atoms with Gasteiger partial charge in [0.25, 0.3) is 5.91 Å². The molecule has 5 rings (SSSR count). The largest absolute Gasteiger partial charge is 0.451 e. The second-order valence-corrected chi connectivity index (χ2v) is 10.2. The Morgan fingerprint density at radius 3 is 2.79 bits per heavy atom. The highest BCUT2D eigenvalue weighted by Crippen LogP contribution is 2.35. The summed E-state index contributed by atoms with van der Waals surface area (Å²) in [6.07, 6.45) is 3.51. The fourth-order valence-electron chi connectivity index (χ4n) is 4.50. The maximum Gasteiger partial charge on any atom is 0.287 e. The number of likely N-dealkylation sites (tertiary alicyclic amines) is 1. The summed E-state index contributed by atoms with van der Waals surface area (Å²) in [4.78, 5) is 19.7. The summed E-state index contributed by atoms with van der Waals surface area (Å²) in [5, 5.41) is 15.9. The van der Waals surface area contributed by atoms with Gasteiger partial charge in [-0.1, -0.05) is 29.8 Å². The maximum atomic E-state index is 12.7. The Morgan fingerprint density at radius 1 is 1.24 bits per heavy atom. The molecule has 2 aromatic carbocycles. The molecule has 2 N–H and O–H groups in total. The molecule has 3 heterocycles. The summed E-state index contributed by atoms with van der Waals surface area (Å²) in [6.45, 7) is 7.20. The number of hydrogen-bond donors (Lipinski definition) is 2. The van der Waals surface area contributed by atoms with E-state index in [-0.39, 0.29) is 11.7 Å². The number of nitrogens with one attached hydrogen (secondary N) is 1. The number of furan rings is 1. The number of piperidine rings is 1. The Bertz CT molecular complexity index is 1330. The number of amides is 1. The van der Waals surface area contributed by atoms with Crippen LogP contribution in [0.15, 0.2) is 64.6 Å². The molecule has 4 aromatic rings. The molecule has 0 saturated carbocycles. The summed E-state index contributed by atoms with van der Waals surface area (Å²) in [6, 6.07) is 15.4. The summed E-state index contributed by atoms with van der Waals surface area (Å²) in [7, 11) is 0. The van der Waals surface area contributed by atoms with Crippen LogP contribution >= 0.6 is 11.3 Å². The zero-order valence-electron chi connectivity index (χ0n) is 19.5. The Hall–Kier alpha value is -3.00. The van der Waals surface area contributed by atoms with Crippen LogP contribution in [-0.2, 0) is 12.1 Å². The monoisotopic (exact) mass is 475 g/mol. The molecule has 1 amide bonds. The average Bonchev–Trinajstić information content (AvgIpc) is 3.47. The number of carbonyl (C=O) groups is 1. The lowest BCUT2D eigenvalue weighted by atomic mass is 9.84. The molecular weight excluding hydrogens is 446 g/mol. The minimum absolute atomic E-state index is 0.261. The van der Waals surface area contributed by atoms with Crippen LogP contribution in [0.2, 0.25) is 0 Å². The predicted molar refractivity (Wildman–Crippen MR) is 136 cm³/mol. The molecule has 1 fully saturated rings. The lowest BCUT2D eigenvalue weighted by molar-refractivity contribution is -0.0238. The standard InChI is InChI=1S/C27H29N3O3S/c1-3-18(2)17-30-12-10-27(32,11-13-30)20-8-9-22-19(14-20)15-23(33-22)26(31)28-16-25-29-21-6-4-5-7-24(21)34-25/h3-9,14-15,32H,10-13,16-17H2,1-2H3,(H,28,31)/b18-3+. The van der Waals surface area contributed by atoms with Gasteiger partial charge in [0, 0.05) is 25.0 Å². The predicted octanol–water partition coefficient (Wildman–Crippen LogP) is 5.22. The average molecular weight is 476 g/mol. The van der Waals surface area contributed by atoms with Crippen molar-refractivity contribution in [2.75, 3.05) is 19.6 Å². The van der Waals surface area contributed by atoms with E-state index in [2.05, 4.69) is 35.1 Å². The first-order valence-corrected chi connectivity index (χ1v) is 12.5. The van der Waals surface area contributed by atoms with Gasteiger partial charge < -0.3 is 14.8 Å². The van der Waals surface area contributed by atoms with Gasteiger partial charge in [-0.3, -0.25) is 9.69 Å². The molecule has 0 radical (unpaired) electrons. The smallest absolute Gasteiger partial charge is 0.287 e. The van der Waals surface area contributed by atoms with Crippen LogP contribution in [0.25, 0.3) is 21.2 Å². The van der Waals surface area contributed by atoms with E-state index in [1.54, 1.807) is 17.4 Å². The molecular formula is C27H29N3O3S. The number of thiazole rings is 1. The molecule has 1 saturated heterocycles. The lowest BCUT2D eigenvalue weighted by Crippen LogP contribution is -2.43. The summed E-state index contributed by atoms with van der Waals surface area (Å²) < 4.78 is 6.90. The van der Waals surface area contributed by atoms with E-state index in [9.17, 15) is 9.90 Å². The van der Waals surface area contributed by atoms with Gasteiger partial charge in [0.05, 0.1) is 22.4 Å². The van der Waals surface area contributed by atoms with Crippen LogP contribution in [0.3, 0.4) is 0 Å². The number of rotatable bonds is 6. The fraction of sp³-hybridized carbons (Fsp3) is 0.333. The number of nitrogens with zero attached hydrogens (tertiary/aromatic N) is 2. The maximum absolute atomic E-state index is 12.7. The number of aromatic nitrogens is 1. The van der Waals surface area contributed by atoms with Crippen molar-refractivity contribution in [1.29, 1.82) is 0 Å². The first-order chi connectivity index (χ1) is 16.4. The minimum atomic E-state index is -0.860. The zero-order valence-corrected chi connectivity index (χ0v) is 20.3. The molecule has 0 unspecified atom stereocenters. The Balaban J connectivity index is 1.26. The third-order valence-corrected chi connectivity index (χ3v) is 7.70. The van der Waals surface area contributed by atoms with Crippen LogP contribution in [-0.4, -0.2) is 40.5 Å². The molecule has 6 nitrogen and oxygen atoms in total. The van der Waals surface area contributed by atoms with Crippen LogP contribution in [0.5, 0.6) is 0 Å². The molecule has 0 bridgehead atoms. The van der Waals surface area contributed by atoms with Gasteiger partial charge in [0.2, 0.25) is 0 Å². The van der Waals surface area contributed by atoms with Crippen molar-refractivity contribution in [2.24, 2.45) is 0 Å². The molecule has 1 aliphatic rings. The van der Waals surface area contributed by atoms with Crippen molar-refractivity contribution < 1.29 is 14.3 Å². The van der Waals surface area contributed by atoms with Gasteiger partial charge in [-0.15, -0.1) is 11.3 Å². The van der Waals surface area contributed by atoms with Gasteiger partial charge in [0.15, 0.2) is 5.76 Å². The molecule has 1 aliphatic heterocycles. The van der Waals surface area contributed by atoms with Crippen molar-refractivity contribution >= 4 is 38.4 Å². The van der Waals surface area contributed by atoms with Crippen LogP contribution < -0.4 is 5.32 Å². The van der Waals surface area contributed by atoms with Crippen molar-refractivity contribution in [3.05, 3.63) is 76.5 Å². The number of hydrogen-bond acceptors (Lipinski definition) is 6. The highest BCUT2D eigenvalue weighted by molar-refractivity contribution is 7.18. The molecule has 7 heteroatoms. The molecule has 34 heavy (non-hydrogen) atoms. The number of para-hydroxylation sites is 1. The van der Waals surface area contributed by atoms with Gasteiger partial charge in [-0.2, -0.15) is 0 Å². The van der Waals surface area contributed by atoms with Gasteiger partial charge in [-0.25, -0.2) is 4.98 Å². The Labute approximate surface area is 202 Å². The van der Waals surface area contributed by atoms with Crippen molar-refractivity contribution in [3.63, 3.8) is 0 Å². The molecule has 0 spiro atoms. The molecule has 2 aromatic heterocycles. The first kappa shape index (κ1) is 22.8. The highest BCUT2D eigenvalue weighted by atomic mass is 32.1. The van der Waals surface area contributed by atoms with Crippen molar-refractivity contribution in [2.45, 2.75) is 38.8 Å². The topological polar surface area (TPSA) is 78.6 Å². The number of fused-ring (bicyclic) bond motifs is 2. The van der Waals surface area contributed by atoms with E-state index in [1.807, 2.05) is 42.5 Å². The molecule has 0 atom stereocenters. The van der Waals surface area contributed by atoms with Crippen LogP contribution in [0.1, 0.15) is 47.8 Å². The van der Waals surface area contributed by atoms with Crippen molar-refractivity contribution in [1.82, 2.24) is 15.2 Å². The van der Waals surface area contributed by atoms with Gasteiger partial charge in [-0.05, 0) is 62.6 Å². The molecule has 0 aliphatic carbocycles. The van der Waals surface area contributed by atoms with E-state index >= 15 is 0 Å². The third-order valence-electron chi connectivity index (χ3n) is 6.66. The third kappa shape index (κ3) is 4.64. The normalized spacial score (nSPS) is 16.9. The van der Waals surface area contributed by atoms with Crippen LogP contribution in [0, 0.1) is 0 Å². The van der Waals surface area contributed by atoms with E-state index in [0.717, 1.165) is 45.8 Å². The van der Waals surface area contributed by atoms with E-state index < -0.39 is 5.60 Å². The number of carbonyl (C=O) groups excluding carboxylic acids is 1. The highest BCUT2D eigenvalue weighted by Gasteiger charge is 2.34. The Morgan fingerprint density at radius 2 is 2.03 bits per heavy atom. The fourth-order valence-corrected chi connectivity index (χ4v) is 5.40. The summed E-state index contributed by atoms with van der Waals surface area (Å²) >= 11 is 1.57. The van der Waals surface area contributed by atoms with E-state index in [0.29, 0.717) is 25.0 Å². The van der Waals surface area contributed by atoms with Crippen molar-refractivity contribution in [3.8, 4) is 0 Å². The van der Waals surface area contributed by atoms with E-state index in [1.165, 1.54) is 5.57 Å². The number of allylic oxidation sites excluding steroid dienone is 1.